The number of hydrogen-bond donors (Lipinski definition) is 1. The van der Waals surface area contributed by atoms with Gasteiger partial charge in [-0.3, -0.25) is 0 Å². The number of ether oxygens (including phenoxy) is 1. The average Bonchev–Trinajstić information content (AvgIpc) is 2.75. The number of rotatable bonds is 2. The van der Waals surface area contributed by atoms with Crippen molar-refractivity contribution in [3.63, 3.8) is 0 Å². The number of carbonyl (C=O) groups excluding carboxylic acids is 1. The fourth-order valence-electron chi connectivity index (χ4n) is 1.68. The van der Waals surface area contributed by atoms with Gasteiger partial charge in [0.2, 0.25) is 5.95 Å². The highest BCUT2D eigenvalue weighted by Gasteiger charge is 2.21. The summed E-state index contributed by atoms with van der Waals surface area (Å²) in [5.41, 5.74) is 6.15. The third-order valence-corrected chi connectivity index (χ3v) is 2.57. The Morgan fingerprint density at radius 1 is 1.56 bits per heavy atom. The fourth-order valence-corrected chi connectivity index (χ4v) is 1.68. The van der Waals surface area contributed by atoms with Crippen LogP contribution >= 0.6 is 0 Å². The summed E-state index contributed by atoms with van der Waals surface area (Å²) in [6.07, 6.45) is 3.89. The number of methoxy groups -OCH3 is 1. The van der Waals surface area contributed by atoms with E-state index in [1.807, 2.05) is 4.90 Å². The number of nitrogens with two attached hydrogens (primary N) is 1. The molecule has 86 valence electrons. The molecule has 0 amide bonds. The highest BCUT2D eigenvalue weighted by atomic mass is 16.5. The summed E-state index contributed by atoms with van der Waals surface area (Å²) < 4.78 is 4.57. The first-order chi connectivity index (χ1) is 7.70. The van der Waals surface area contributed by atoms with Crippen LogP contribution in [0.3, 0.4) is 0 Å². The van der Waals surface area contributed by atoms with E-state index in [9.17, 15) is 4.79 Å². The van der Waals surface area contributed by atoms with Gasteiger partial charge in [0.15, 0.2) is 0 Å². The van der Waals surface area contributed by atoms with E-state index >= 15 is 0 Å². The molecule has 2 heterocycles. The zero-order chi connectivity index (χ0) is 11.5. The molecule has 6 heteroatoms. The van der Waals surface area contributed by atoms with Crippen molar-refractivity contribution in [3.8, 4) is 0 Å². The summed E-state index contributed by atoms with van der Waals surface area (Å²) in [6, 6.07) is 0.184. The van der Waals surface area contributed by atoms with Crippen LogP contribution in [0.15, 0.2) is 12.4 Å². The molecule has 2 rings (SSSR count). The molecule has 0 aromatic carbocycles. The Morgan fingerprint density at radius 3 is 2.75 bits per heavy atom. The van der Waals surface area contributed by atoms with Crippen molar-refractivity contribution in [2.75, 3.05) is 25.1 Å². The van der Waals surface area contributed by atoms with Gasteiger partial charge in [-0.15, -0.1) is 0 Å². The van der Waals surface area contributed by atoms with Crippen molar-refractivity contribution in [1.82, 2.24) is 9.97 Å². The molecule has 16 heavy (non-hydrogen) atoms. The summed E-state index contributed by atoms with van der Waals surface area (Å²) in [5, 5.41) is 0. The van der Waals surface area contributed by atoms with Crippen molar-refractivity contribution in [3.05, 3.63) is 18.0 Å². The third-order valence-electron chi connectivity index (χ3n) is 2.57. The van der Waals surface area contributed by atoms with E-state index in [4.69, 9.17) is 5.73 Å². The van der Waals surface area contributed by atoms with Crippen molar-refractivity contribution in [1.29, 1.82) is 0 Å². The first kappa shape index (κ1) is 10.8. The molecule has 0 radical (unpaired) electrons. The van der Waals surface area contributed by atoms with Crippen molar-refractivity contribution >= 4 is 11.9 Å². The van der Waals surface area contributed by atoms with Crippen LogP contribution in [0.2, 0.25) is 0 Å². The van der Waals surface area contributed by atoms with Crippen LogP contribution in [0.5, 0.6) is 0 Å². The van der Waals surface area contributed by atoms with Crippen LogP contribution in [0.25, 0.3) is 0 Å². The molecule has 0 spiro atoms. The van der Waals surface area contributed by atoms with Crippen LogP contribution in [0.4, 0.5) is 5.95 Å². The standard InChI is InChI=1S/C10H14N4O2/c1-16-9(15)7-4-12-10(13-5-7)14-3-2-8(11)6-14/h4-5,8H,2-3,6,11H2,1H3/t8-/m1/s1. The largest absolute Gasteiger partial charge is 0.465 e. The molecule has 0 aliphatic carbocycles. The number of esters is 1. The van der Waals surface area contributed by atoms with E-state index < -0.39 is 5.97 Å². The molecule has 1 atom stereocenters. The normalized spacial score (nSPS) is 19.9. The Hall–Kier alpha value is -1.69. The van der Waals surface area contributed by atoms with Gasteiger partial charge in [0.25, 0.3) is 0 Å². The van der Waals surface area contributed by atoms with Gasteiger partial charge in [-0.1, -0.05) is 0 Å². The first-order valence-electron chi connectivity index (χ1n) is 5.11. The molecule has 1 aromatic heterocycles. The van der Waals surface area contributed by atoms with E-state index in [1.165, 1.54) is 19.5 Å². The third kappa shape index (κ3) is 2.11. The molecule has 1 aliphatic heterocycles. The summed E-state index contributed by atoms with van der Waals surface area (Å²) >= 11 is 0. The molecule has 1 saturated heterocycles. The molecule has 0 saturated carbocycles. The van der Waals surface area contributed by atoms with E-state index in [0.29, 0.717) is 11.5 Å². The number of nitrogens with zero attached hydrogens (tertiary/aromatic N) is 3. The van der Waals surface area contributed by atoms with Gasteiger partial charge in [-0.05, 0) is 6.42 Å². The topological polar surface area (TPSA) is 81.3 Å². The van der Waals surface area contributed by atoms with Gasteiger partial charge in [-0.2, -0.15) is 0 Å². The molecule has 0 bridgehead atoms. The maximum atomic E-state index is 11.2. The lowest BCUT2D eigenvalue weighted by Crippen LogP contribution is -2.27. The maximum Gasteiger partial charge on any atom is 0.341 e. The van der Waals surface area contributed by atoms with Crippen molar-refractivity contribution < 1.29 is 9.53 Å². The highest BCUT2D eigenvalue weighted by molar-refractivity contribution is 5.88. The van der Waals surface area contributed by atoms with Crippen molar-refractivity contribution in [2.45, 2.75) is 12.5 Å². The van der Waals surface area contributed by atoms with E-state index in [1.54, 1.807) is 0 Å². The Bertz CT molecular complexity index is 379. The van der Waals surface area contributed by atoms with Gasteiger partial charge in [-0.25, -0.2) is 14.8 Å². The SMILES string of the molecule is COC(=O)c1cnc(N2CC[C@@H](N)C2)nc1. The summed E-state index contributed by atoms with van der Waals surface area (Å²) in [7, 11) is 1.33. The van der Waals surface area contributed by atoms with E-state index in [2.05, 4.69) is 14.7 Å². The molecular formula is C10H14N4O2. The molecular weight excluding hydrogens is 208 g/mol. The molecule has 1 fully saturated rings. The minimum atomic E-state index is -0.426. The second kappa shape index (κ2) is 4.44. The lowest BCUT2D eigenvalue weighted by Gasteiger charge is -2.14. The summed E-state index contributed by atoms with van der Waals surface area (Å²) in [5.74, 6) is 0.185. The molecule has 2 N–H and O–H groups in total. The highest BCUT2D eigenvalue weighted by Crippen LogP contribution is 2.14. The van der Waals surface area contributed by atoms with Gasteiger partial charge in [0.1, 0.15) is 0 Å². The quantitative estimate of drug-likeness (QED) is 0.698. The van der Waals surface area contributed by atoms with Crippen LogP contribution < -0.4 is 10.6 Å². The smallest absolute Gasteiger partial charge is 0.341 e. The zero-order valence-electron chi connectivity index (χ0n) is 9.09. The van der Waals surface area contributed by atoms with Crippen LogP contribution in [0, 0.1) is 0 Å². The lowest BCUT2D eigenvalue weighted by atomic mass is 10.3. The second-order valence-corrected chi connectivity index (χ2v) is 3.76. The van der Waals surface area contributed by atoms with Crippen LogP contribution in [0.1, 0.15) is 16.8 Å². The predicted molar refractivity (Wildman–Crippen MR) is 58.2 cm³/mol. The van der Waals surface area contributed by atoms with Crippen molar-refractivity contribution in [2.24, 2.45) is 5.73 Å². The molecule has 0 unspecified atom stereocenters. The Labute approximate surface area is 93.4 Å². The monoisotopic (exact) mass is 222 g/mol. The van der Waals surface area contributed by atoms with Gasteiger partial charge in [0, 0.05) is 31.5 Å². The fraction of sp³-hybridized carbons (Fsp3) is 0.500. The van der Waals surface area contributed by atoms with Crippen LogP contribution in [-0.4, -0.2) is 42.2 Å². The number of carbonyl (C=O) groups is 1. The molecule has 1 aromatic rings. The molecule has 1 aliphatic rings. The first-order valence-corrected chi connectivity index (χ1v) is 5.11. The Balaban J connectivity index is 2.10. The summed E-state index contributed by atoms with van der Waals surface area (Å²) in [4.78, 5) is 21.4. The second-order valence-electron chi connectivity index (χ2n) is 3.76. The van der Waals surface area contributed by atoms with Gasteiger partial charge >= 0.3 is 5.97 Å². The maximum absolute atomic E-state index is 11.2. The molecule has 6 nitrogen and oxygen atoms in total. The van der Waals surface area contributed by atoms with E-state index in [-0.39, 0.29) is 6.04 Å². The zero-order valence-corrected chi connectivity index (χ0v) is 9.09. The minimum Gasteiger partial charge on any atom is -0.465 e. The lowest BCUT2D eigenvalue weighted by molar-refractivity contribution is 0.0600. The number of hydrogen-bond acceptors (Lipinski definition) is 6. The van der Waals surface area contributed by atoms with Gasteiger partial charge < -0.3 is 15.4 Å². The number of aromatic nitrogens is 2. The average molecular weight is 222 g/mol. The Morgan fingerprint density at radius 2 is 2.25 bits per heavy atom. The summed E-state index contributed by atoms with van der Waals surface area (Å²) in [6.45, 7) is 1.62. The minimum absolute atomic E-state index is 0.184. The van der Waals surface area contributed by atoms with E-state index in [0.717, 1.165) is 19.5 Å². The predicted octanol–water partition coefficient (Wildman–Crippen LogP) is -0.199. The van der Waals surface area contributed by atoms with Crippen LogP contribution in [-0.2, 0) is 4.74 Å². The Kier molecular flexibility index (Phi) is 3.00. The number of anilines is 1. The van der Waals surface area contributed by atoms with Gasteiger partial charge in [0.05, 0.1) is 12.7 Å².